The Morgan fingerprint density at radius 1 is 1.00 bits per heavy atom. The lowest BCUT2D eigenvalue weighted by molar-refractivity contribution is -0.108. The summed E-state index contributed by atoms with van der Waals surface area (Å²) in [5, 5.41) is 0.856. The molecule has 0 bridgehead atoms. The molecular weight excluding hydrogens is 450 g/mol. The van der Waals surface area contributed by atoms with Crippen molar-refractivity contribution >= 4 is 17.9 Å². The molecule has 0 radical (unpaired) electrons. The van der Waals surface area contributed by atoms with Crippen molar-refractivity contribution in [3.05, 3.63) is 69.7 Å². The van der Waals surface area contributed by atoms with Crippen LogP contribution in [-0.2, 0) is 11.2 Å². The highest BCUT2D eigenvalue weighted by molar-refractivity contribution is 6.31. The van der Waals surface area contributed by atoms with E-state index in [2.05, 4.69) is 70.0 Å². The number of hydrogen-bond acceptors (Lipinski definition) is 2. The lowest BCUT2D eigenvalue weighted by atomic mass is 9.95. The standard InChI is InChI=1S/C9H12.C8H9Cl.C8H17N.C7H12O/c1-3-9-7-5-4-6-8(9)2;1-6-3-4-7(2)8(9)5-6;1-7(2)8-4-5-9(3)6-8;8-6-5-7-3-1-2-4-7/h4-7H,3H2,1-2H3;3-5H,1-2H3;7-8H,4-6H2,1-3H3;6-7H,1-5H2. The summed E-state index contributed by atoms with van der Waals surface area (Å²) in [7, 11) is 2.21. The Kier molecular flexibility index (Phi) is 15.9. The largest absolute Gasteiger partial charge is 0.306 e. The first-order valence-corrected chi connectivity index (χ1v) is 13.9. The van der Waals surface area contributed by atoms with Crippen LogP contribution in [0.2, 0.25) is 5.02 Å². The monoisotopic (exact) mass is 499 g/mol. The van der Waals surface area contributed by atoms with Crippen molar-refractivity contribution in [2.75, 3.05) is 20.1 Å². The van der Waals surface area contributed by atoms with Gasteiger partial charge in [-0.1, -0.05) is 94.5 Å². The van der Waals surface area contributed by atoms with Crippen LogP contribution >= 0.6 is 11.6 Å². The van der Waals surface area contributed by atoms with E-state index in [-0.39, 0.29) is 0 Å². The van der Waals surface area contributed by atoms with Crippen molar-refractivity contribution in [2.24, 2.45) is 17.8 Å². The van der Waals surface area contributed by atoms with Gasteiger partial charge in [0.2, 0.25) is 0 Å². The van der Waals surface area contributed by atoms with Gasteiger partial charge in [0, 0.05) is 18.0 Å². The van der Waals surface area contributed by atoms with Gasteiger partial charge < -0.3 is 9.69 Å². The molecule has 35 heavy (non-hydrogen) atoms. The summed E-state index contributed by atoms with van der Waals surface area (Å²) in [6.07, 6.45) is 9.69. The summed E-state index contributed by atoms with van der Waals surface area (Å²) < 4.78 is 0. The maximum atomic E-state index is 9.96. The van der Waals surface area contributed by atoms with E-state index in [1.807, 2.05) is 26.0 Å². The second-order valence-corrected chi connectivity index (χ2v) is 11.0. The van der Waals surface area contributed by atoms with Gasteiger partial charge in [-0.15, -0.1) is 0 Å². The molecule has 1 saturated carbocycles. The van der Waals surface area contributed by atoms with E-state index in [1.54, 1.807) is 0 Å². The molecule has 2 nitrogen and oxygen atoms in total. The molecule has 196 valence electrons. The fourth-order valence-corrected chi connectivity index (χ4v) is 4.84. The minimum atomic E-state index is 0.743. The molecular formula is C32H50ClNO. The zero-order chi connectivity index (χ0) is 26.2. The zero-order valence-electron chi connectivity index (χ0n) is 23.4. The van der Waals surface area contributed by atoms with Gasteiger partial charge in [-0.2, -0.15) is 0 Å². The molecule has 0 aromatic heterocycles. The van der Waals surface area contributed by atoms with E-state index in [9.17, 15) is 4.79 Å². The van der Waals surface area contributed by atoms with Crippen LogP contribution in [0.5, 0.6) is 0 Å². The van der Waals surface area contributed by atoms with Gasteiger partial charge in [0.15, 0.2) is 0 Å². The van der Waals surface area contributed by atoms with Crippen molar-refractivity contribution in [1.82, 2.24) is 4.90 Å². The molecule has 4 rings (SSSR count). The second kappa shape index (κ2) is 17.7. The predicted octanol–water partition coefficient (Wildman–Crippen LogP) is 8.87. The predicted molar refractivity (Wildman–Crippen MR) is 155 cm³/mol. The molecule has 1 aliphatic heterocycles. The summed E-state index contributed by atoms with van der Waals surface area (Å²) in [4.78, 5) is 12.4. The van der Waals surface area contributed by atoms with Gasteiger partial charge in [0.25, 0.3) is 0 Å². The van der Waals surface area contributed by atoms with Crippen LogP contribution in [-0.4, -0.2) is 31.3 Å². The first kappa shape index (κ1) is 31.4. The second-order valence-electron chi connectivity index (χ2n) is 10.6. The Morgan fingerprint density at radius 3 is 2.06 bits per heavy atom. The Morgan fingerprint density at radius 2 is 1.66 bits per heavy atom. The van der Waals surface area contributed by atoms with Gasteiger partial charge in [0.05, 0.1) is 0 Å². The molecule has 2 aliphatic rings. The number of rotatable bonds is 4. The van der Waals surface area contributed by atoms with E-state index in [4.69, 9.17) is 11.6 Å². The first-order chi connectivity index (χ1) is 16.7. The number of likely N-dealkylation sites (tertiary alicyclic amines) is 1. The molecule has 2 fully saturated rings. The Bertz CT molecular complexity index is 841. The van der Waals surface area contributed by atoms with Crippen LogP contribution < -0.4 is 0 Å². The van der Waals surface area contributed by atoms with E-state index in [0.717, 1.165) is 47.5 Å². The van der Waals surface area contributed by atoms with Crippen molar-refractivity contribution < 1.29 is 4.79 Å². The smallest absolute Gasteiger partial charge is 0.120 e. The van der Waals surface area contributed by atoms with Crippen molar-refractivity contribution in [3.8, 4) is 0 Å². The molecule has 2 aromatic carbocycles. The maximum Gasteiger partial charge on any atom is 0.120 e. The van der Waals surface area contributed by atoms with Gasteiger partial charge >= 0.3 is 0 Å². The van der Waals surface area contributed by atoms with Crippen LogP contribution in [0.25, 0.3) is 0 Å². The minimum absolute atomic E-state index is 0.743. The minimum Gasteiger partial charge on any atom is -0.306 e. The lowest BCUT2D eigenvalue weighted by Gasteiger charge is -2.13. The molecule has 1 heterocycles. The summed E-state index contributed by atoms with van der Waals surface area (Å²) >= 11 is 5.81. The van der Waals surface area contributed by atoms with Crippen LogP contribution in [0.3, 0.4) is 0 Å². The van der Waals surface area contributed by atoms with Gasteiger partial charge in [-0.25, -0.2) is 0 Å². The zero-order valence-corrected chi connectivity index (χ0v) is 24.2. The number of carbonyl (C=O) groups excluding carboxylic acids is 1. The van der Waals surface area contributed by atoms with Crippen molar-refractivity contribution in [3.63, 3.8) is 0 Å². The average molecular weight is 500 g/mol. The van der Waals surface area contributed by atoms with Crippen LogP contribution in [0.4, 0.5) is 0 Å². The van der Waals surface area contributed by atoms with Crippen LogP contribution in [0, 0.1) is 38.5 Å². The van der Waals surface area contributed by atoms with E-state index in [1.165, 1.54) is 61.9 Å². The normalized spacial score (nSPS) is 17.6. The summed E-state index contributed by atoms with van der Waals surface area (Å²) in [6, 6.07) is 14.5. The molecule has 0 amide bonds. The highest BCUT2D eigenvalue weighted by Gasteiger charge is 2.21. The highest BCUT2D eigenvalue weighted by Crippen LogP contribution is 2.26. The number of aryl methyl sites for hydroxylation is 4. The molecule has 0 spiro atoms. The SMILES string of the molecule is CC(C)C1CCN(C)C1.CCc1ccccc1C.Cc1ccc(C)c(Cl)c1.O=CCC1CCCC1. The Balaban J connectivity index is 0.000000234. The molecule has 1 atom stereocenters. The summed E-state index contributed by atoms with van der Waals surface area (Å²) in [5.41, 5.74) is 5.21. The highest BCUT2D eigenvalue weighted by atomic mass is 35.5. The molecule has 2 aromatic rings. The van der Waals surface area contributed by atoms with Crippen LogP contribution in [0.1, 0.15) is 81.5 Å². The van der Waals surface area contributed by atoms with E-state index < -0.39 is 0 Å². The molecule has 1 saturated heterocycles. The third-order valence-electron chi connectivity index (χ3n) is 7.24. The maximum absolute atomic E-state index is 9.96. The third kappa shape index (κ3) is 13.3. The molecule has 3 heteroatoms. The number of aldehydes is 1. The van der Waals surface area contributed by atoms with Crippen molar-refractivity contribution in [2.45, 2.75) is 86.5 Å². The number of hydrogen-bond donors (Lipinski definition) is 0. The summed E-state index contributed by atoms with van der Waals surface area (Å²) in [6.45, 7) is 15.6. The Labute approximate surface area is 221 Å². The van der Waals surface area contributed by atoms with E-state index >= 15 is 0 Å². The lowest BCUT2D eigenvalue weighted by Crippen LogP contribution is -2.16. The fraction of sp³-hybridized carbons (Fsp3) is 0.594. The molecule has 1 aliphatic carbocycles. The van der Waals surface area contributed by atoms with Gasteiger partial charge in [0.1, 0.15) is 6.29 Å². The molecule has 1 unspecified atom stereocenters. The number of carbonyl (C=O) groups is 1. The van der Waals surface area contributed by atoms with Gasteiger partial charge in [-0.05, 0) is 93.3 Å². The quantitative estimate of drug-likeness (QED) is 0.391. The van der Waals surface area contributed by atoms with Gasteiger partial charge in [-0.3, -0.25) is 0 Å². The summed E-state index contributed by atoms with van der Waals surface area (Å²) in [5.74, 6) is 2.59. The topological polar surface area (TPSA) is 20.3 Å². The fourth-order valence-electron chi connectivity index (χ4n) is 4.60. The van der Waals surface area contributed by atoms with Crippen molar-refractivity contribution in [1.29, 1.82) is 0 Å². The average Bonchev–Trinajstić information content (AvgIpc) is 3.50. The third-order valence-corrected chi connectivity index (χ3v) is 7.65. The first-order valence-electron chi connectivity index (χ1n) is 13.6. The van der Waals surface area contributed by atoms with E-state index in [0.29, 0.717) is 0 Å². The number of nitrogens with zero attached hydrogens (tertiary/aromatic N) is 1. The Hall–Kier alpha value is -1.64. The number of benzene rings is 2. The number of halogens is 1. The molecule has 0 N–H and O–H groups in total. The van der Waals surface area contributed by atoms with Crippen LogP contribution in [0.15, 0.2) is 42.5 Å².